The minimum Gasteiger partial charge on any atom is -0.487 e. The first kappa shape index (κ1) is 26.0. The standard InChI is InChI=1S/C25H22Cl2N2O6/c1-3-34-23-12-8-17(13-22(23)29(32)33)24(30)28(15-18-5-9-19(26)14-21(18)27)20-10-6-16(7-11-20)25(31)35-4-2/h5-14H,3-4,15H2,1-2H3. The zero-order chi connectivity index (χ0) is 25.5. The highest BCUT2D eigenvalue weighted by Crippen LogP contribution is 2.31. The van der Waals surface area contributed by atoms with Gasteiger partial charge in [-0.15, -0.1) is 0 Å². The topological polar surface area (TPSA) is 99.0 Å². The zero-order valence-electron chi connectivity index (χ0n) is 19.0. The fourth-order valence-electron chi connectivity index (χ4n) is 3.32. The van der Waals surface area contributed by atoms with Gasteiger partial charge < -0.3 is 14.4 Å². The Bertz CT molecular complexity index is 1250. The molecule has 35 heavy (non-hydrogen) atoms. The molecule has 8 nitrogen and oxygen atoms in total. The Labute approximate surface area is 212 Å². The van der Waals surface area contributed by atoms with Crippen LogP contribution in [0.2, 0.25) is 10.0 Å². The highest BCUT2D eigenvalue weighted by Gasteiger charge is 2.24. The van der Waals surface area contributed by atoms with Crippen LogP contribution in [-0.4, -0.2) is 30.0 Å². The van der Waals surface area contributed by atoms with Gasteiger partial charge in [0, 0.05) is 27.4 Å². The van der Waals surface area contributed by atoms with Crippen molar-refractivity contribution in [1.82, 2.24) is 0 Å². The summed E-state index contributed by atoms with van der Waals surface area (Å²) in [7, 11) is 0. The molecule has 10 heteroatoms. The number of esters is 1. The number of hydrogen-bond acceptors (Lipinski definition) is 6. The second-order valence-electron chi connectivity index (χ2n) is 7.27. The number of ether oxygens (including phenoxy) is 2. The smallest absolute Gasteiger partial charge is 0.338 e. The van der Waals surface area contributed by atoms with E-state index in [4.69, 9.17) is 32.7 Å². The molecule has 1 amide bonds. The maximum Gasteiger partial charge on any atom is 0.338 e. The summed E-state index contributed by atoms with van der Waals surface area (Å²) >= 11 is 12.4. The maximum absolute atomic E-state index is 13.6. The van der Waals surface area contributed by atoms with E-state index in [0.717, 1.165) is 0 Å². The Morgan fingerprint density at radius 3 is 2.23 bits per heavy atom. The SMILES string of the molecule is CCOC(=O)c1ccc(N(Cc2ccc(Cl)cc2Cl)C(=O)c2ccc(OCC)c([N+](=O)[O-])c2)cc1. The molecule has 0 saturated heterocycles. The van der Waals surface area contributed by atoms with E-state index in [0.29, 0.717) is 26.9 Å². The lowest BCUT2D eigenvalue weighted by Gasteiger charge is -2.24. The van der Waals surface area contributed by atoms with Gasteiger partial charge in [0.25, 0.3) is 5.91 Å². The molecule has 3 rings (SSSR count). The quantitative estimate of drug-likeness (QED) is 0.187. The molecule has 0 aromatic heterocycles. The van der Waals surface area contributed by atoms with Crippen LogP contribution in [0, 0.1) is 10.1 Å². The van der Waals surface area contributed by atoms with Crippen LogP contribution < -0.4 is 9.64 Å². The molecule has 0 aliphatic heterocycles. The molecule has 0 aliphatic rings. The summed E-state index contributed by atoms with van der Waals surface area (Å²) in [5, 5.41) is 12.4. The molecular formula is C25H22Cl2N2O6. The van der Waals surface area contributed by atoms with Gasteiger partial charge in [0.15, 0.2) is 5.75 Å². The molecule has 0 fully saturated rings. The number of carbonyl (C=O) groups is 2. The number of hydrogen-bond donors (Lipinski definition) is 0. The summed E-state index contributed by atoms with van der Waals surface area (Å²) in [4.78, 5) is 38.0. The minimum atomic E-state index is -0.601. The molecule has 0 bridgehead atoms. The number of benzene rings is 3. The number of rotatable bonds is 9. The molecule has 3 aromatic rings. The van der Waals surface area contributed by atoms with Crippen molar-refractivity contribution in [2.75, 3.05) is 18.1 Å². The molecule has 0 heterocycles. The van der Waals surface area contributed by atoms with Crippen molar-refractivity contribution in [2.24, 2.45) is 0 Å². The first-order valence-electron chi connectivity index (χ1n) is 10.7. The number of nitro benzene ring substituents is 1. The number of amides is 1. The molecule has 0 radical (unpaired) electrons. The number of anilines is 1. The molecule has 0 aliphatic carbocycles. The molecule has 182 valence electrons. The van der Waals surface area contributed by atoms with Gasteiger partial charge in [0.2, 0.25) is 0 Å². The normalized spacial score (nSPS) is 10.5. The van der Waals surface area contributed by atoms with Gasteiger partial charge in [-0.2, -0.15) is 0 Å². The highest BCUT2D eigenvalue weighted by molar-refractivity contribution is 6.35. The van der Waals surface area contributed by atoms with Crippen LogP contribution >= 0.6 is 23.2 Å². The fraction of sp³-hybridized carbons (Fsp3) is 0.200. The second-order valence-corrected chi connectivity index (χ2v) is 8.11. The van der Waals surface area contributed by atoms with Gasteiger partial charge in [-0.1, -0.05) is 29.3 Å². The van der Waals surface area contributed by atoms with Gasteiger partial charge in [-0.3, -0.25) is 14.9 Å². The van der Waals surface area contributed by atoms with Crippen LogP contribution in [0.15, 0.2) is 60.7 Å². The minimum absolute atomic E-state index is 0.0502. The van der Waals surface area contributed by atoms with E-state index >= 15 is 0 Å². The molecule has 3 aromatic carbocycles. The van der Waals surface area contributed by atoms with E-state index in [-0.39, 0.29) is 36.8 Å². The van der Waals surface area contributed by atoms with Crippen LogP contribution in [0.5, 0.6) is 5.75 Å². The molecule has 0 unspecified atom stereocenters. The predicted molar refractivity (Wildman–Crippen MR) is 134 cm³/mol. The molecular weight excluding hydrogens is 495 g/mol. The van der Waals surface area contributed by atoms with Crippen LogP contribution in [0.4, 0.5) is 11.4 Å². The van der Waals surface area contributed by atoms with Gasteiger partial charge >= 0.3 is 11.7 Å². The average molecular weight is 517 g/mol. The Balaban J connectivity index is 2.04. The van der Waals surface area contributed by atoms with Crippen molar-refractivity contribution < 1.29 is 24.0 Å². The average Bonchev–Trinajstić information content (AvgIpc) is 2.84. The largest absolute Gasteiger partial charge is 0.487 e. The van der Waals surface area contributed by atoms with Crippen molar-refractivity contribution in [1.29, 1.82) is 0 Å². The van der Waals surface area contributed by atoms with Crippen LogP contribution in [0.1, 0.15) is 40.1 Å². The predicted octanol–water partition coefficient (Wildman–Crippen LogP) is 6.32. The molecule has 0 saturated carbocycles. The van der Waals surface area contributed by atoms with Crippen LogP contribution in [0.3, 0.4) is 0 Å². The molecule has 0 N–H and O–H groups in total. The summed E-state index contributed by atoms with van der Waals surface area (Å²) in [6.45, 7) is 3.94. The maximum atomic E-state index is 13.6. The number of carbonyl (C=O) groups excluding carboxylic acids is 2. The number of nitrogens with zero attached hydrogens (tertiary/aromatic N) is 2. The number of halogens is 2. The van der Waals surface area contributed by atoms with E-state index in [1.165, 1.54) is 35.2 Å². The first-order valence-corrected chi connectivity index (χ1v) is 11.4. The third kappa shape index (κ3) is 6.29. The van der Waals surface area contributed by atoms with E-state index in [9.17, 15) is 19.7 Å². The lowest BCUT2D eigenvalue weighted by molar-refractivity contribution is -0.385. The first-order chi connectivity index (χ1) is 16.7. The Kier molecular flexibility index (Phi) is 8.68. The lowest BCUT2D eigenvalue weighted by atomic mass is 10.1. The van der Waals surface area contributed by atoms with Gasteiger partial charge in [-0.05, 0) is 67.9 Å². The second kappa shape index (κ2) is 11.7. The van der Waals surface area contributed by atoms with Crippen LogP contribution in [0.25, 0.3) is 0 Å². The van der Waals surface area contributed by atoms with Crippen molar-refractivity contribution in [3.63, 3.8) is 0 Å². The van der Waals surface area contributed by atoms with E-state index in [1.807, 2.05) is 0 Å². The zero-order valence-corrected chi connectivity index (χ0v) is 20.5. The summed E-state index contributed by atoms with van der Waals surface area (Å²) in [6, 6.07) is 15.2. The van der Waals surface area contributed by atoms with Crippen molar-refractivity contribution >= 4 is 46.5 Å². The van der Waals surface area contributed by atoms with Gasteiger partial charge in [0.1, 0.15) is 0 Å². The van der Waals surface area contributed by atoms with Crippen LogP contribution in [-0.2, 0) is 11.3 Å². The van der Waals surface area contributed by atoms with Crippen molar-refractivity contribution in [2.45, 2.75) is 20.4 Å². The number of nitro groups is 1. The summed E-state index contributed by atoms with van der Waals surface area (Å²) in [5.74, 6) is -0.925. The van der Waals surface area contributed by atoms with E-state index in [2.05, 4.69) is 0 Å². The van der Waals surface area contributed by atoms with E-state index in [1.54, 1.807) is 44.2 Å². The molecule has 0 atom stereocenters. The Morgan fingerprint density at radius 1 is 0.943 bits per heavy atom. The van der Waals surface area contributed by atoms with Crippen molar-refractivity contribution in [3.8, 4) is 5.75 Å². The Morgan fingerprint density at radius 2 is 1.63 bits per heavy atom. The summed E-state index contributed by atoms with van der Waals surface area (Å²) in [6.07, 6.45) is 0. The van der Waals surface area contributed by atoms with Gasteiger partial charge in [0.05, 0.1) is 30.2 Å². The Hall–Kier alpha value is -3.62. The van der Waals surface area contributed by atoms with Crippen molar-refractivity contribution in [3.05, 3.63) is 97.5 Å². The van der Waals surface area contributed by atoms with E-state index < -0.39 is 16.8 Å². The third-order valence-corrected chi connectivity index (χ3v) is 5.57. The third-order valence-electron chi connectivity index (χ3n) is 4.98. The highest BCUT2D eigenvalue weighted by atomic mass is 35.5. The fourth-order valence-corrected chi connectivity index (χ4v) is 3.79. The summed E-state index contributed by atoms with van der Waals surface area (Å²) < 4.78 is 10.3. The summed E-state index contributed by atoms with van der Waals surface area (Å²) in [5.41, 5.74) is 1.15. The van der Waals surface area contributed by atoms with Gasteiger partial charge in [-0.25, -0.2) is 4.79 Å². The molecule has 0 spiro atoms. The lowest BCUT2D eigenvalue weighted by Crippen LogP contribution is -2.30. The monoisotopic (exact) mass is 516 g/mol.